The van der Waals surface area contributed by atoms with Crippen LogP contribution in [0.5, 0.6) is 11.5 Å². The minimum Gasteiger partial charge on any atom is -0.456 e. The summed E-state index contributed by atoms with van der Waals surface area (Å²) < 4.78 is 86.7. The van der Waals surface area contributed by atoms with E-state index < -0.39 is 57.5 Å². The molecule has 0 bridgehead atoms. The van der Waals surface area contributed by atoms with E-state index in [-0.39, 0.29) is 0 Å². The number of benzene rings is 2. The van der Waals surface area contributed by atoms with Gasteiger partial charge in [0.05, 0.1) is 0 Å². The Hall–Kier alpha value is -2.77. The van der Waals surface area contributed by atoms with Crippen LogP contribution in [-0.4, -0.2) is 16.1 Å². The van der Waals surface area contributed by atoms with Gasteiger partial charge in [0, 0.05) is 29.3 Å². The average Bonchev–Trinajstić information content (AvgIpc) is 2.62. The molecule has 0 unspecified atom stereocenters. The van der Waals surface area contributed by atoms with Crippen molar-refractivity contribution in [1.82, 2.24) is 0 Å². The molecule has 3 rings (SSSR count). The van der Waals surface area contributed by atoms with Gasteiger partial charge in [-0.15, -0.1) is 0 Å². The first-order valence-electron chi connectivity index (χ1n) is 6.86. The highest BCUT2D eigenvalue weighted by molar-refractivity contribution is 5.60. The highest BCUT2D eigenvalue weighted by Gasteiger charge is 2.77. The number of ether oxygens (including phenoxy) is 1. The second-order valence-electron chi connectivity index (χ2n) is 5.50. The molecule has 0 aromatic heterocycles. The van der Waals surface area contributed by atoms with Crippen molar-refractivity contribution in [3.05, 3.63) is 58.7 Å². The molecule has 26 heavy (non-hydrogen) atoms. The van der Waals surface area contributed by atoms with Gasteiger partial charge in [0.25, 0.3) is 5.79 Å². The van der Waals surface area contributed by atoms with Crippen LogP contribution in [0.3, 0.4) is 0 Å². The van der Waals surface area contributed by atoms with E-state index in [2.05, 4.69) is 0 Å². The smallest absolute Gasteiger partial charge is 0.371 e. The van der Waals surface area contributed by atoms with Gasteiger partial charge in [-0.25, -0.2) is 8.78 Å². The Labute approximate surface area is 141 Å². The van der Waals surface area contributed by atoms with Gasteiger partial charge in [-0.1, -0.05) is 0 Å². The van der Waals surface area contributed by atoms with Gasteiger partial charge >= 0.3 is 11.8 Å². The largest absolute Gasteiger partial charge is 0.456 e. The first kappa shape index (κ1) is 18.0. The molecule has 1 aliphatic rings. The summed E-state index contributed by atoms with van der Waals surface area (Å²) in [6, 6.07) is 4.26. The third-order valence-corrected chi connectivity index (χ3v) is 3.86. The first-order chi connectivity index (χ1) is 11.9. The van der Waals surface area contributed by atoms with Crippen molar-refractivity contribution in [3.63, 3.8) is 0 Å². The highest BCUT2D eigenvalue weighted by Crippen LogP contribution is 2.60. The maximum Gasteiger partial charge on any atom is 0.371 e. The molecule has 2 N–H and O–H groups in total. The zero-order valence-electron chi connectivity index (χ0n) is 12.4. The summed E-state index contributed by atoms with van der Waals surface area (Å²) in [5, 5.41) is 28.4. The van der Waals surface area contributed by atoms with Crippen LogP contribution in [0.15, 0.2) is 30.3 Å². The van der Waals surface area contributed by atoms with Crippen LogP contribution >= 0.6 is 0 Å². The highest BCUT2D eigenvalue weighted by atomic mass is 19.3. The molecular formula is C16H7F6NO3. The molecule has 0 spiro atoms. The van der Waals surface area contributed by atoms with E-state index in [1.165, 1.54) is 6.07 Å². The van der Waals surface area contributed by atoms with Gasteiger partial charge in [-0.3, -0.25) is 0 Å². The quantitative estimate of drug-likeness (QED) is 0.623. The third-order valence-electron chi connectivity index (χ3n) is 3.86. The van der Waals surface area contributed by atoms with Crippen molar-refractivity contribution < 1.29 is 41.3 Å². The van der Waals surface area contributed by atoms with Gasteiger partial charge in [0.1, 0.15) is 34.8 Å². The molecule has 0 aliphatic heterocycles. The van der Waals surface area contributed by atoms with Gasteiger partial charge in [0.15, 0.2) is 0 Å². The minimum absolute atomic E-state index is 0.420. The fourth-order valence-electron chi connectivity index (χ4n) is 2.66. The van der Waals surface area contributed by atoms with E-state index in [1.807, 2.05) is 0 Å². The lowest BCUT2D eigenvalue weighted by atomic mass is 9.99. The van der Waals surface area contributed by atoms with Crippen LogP contribution in [0.2, 0.25) is 0 Å². The summed E-state index contributed by atoms with van der Waals surface area (Å²) in [5.74, 6) is -17.9. The first-order valence-corrected chi connectivity index (χ1v) is 6.86. The number of hydrogen-bond acceptors (Lipinski definition) is 4. The normalized spacial score (nSPS) is 18.9. The predicted molar refractivity (Wildman–Crippen MR) is 72.5 cm³/mol. The van der Waals surface area contributed by atoms with Crippen LogP contribution in [0, 0.1) is 23.0 Å². The fourth-order valence-corrected chi connectivity index (χ4v) is 2.66. The Bertz CT molecular complexity index is 931. The molecule has 2 aromatic rings. The number of nitriles is 1. The molecule has 136 valence electrons. The summed E-state index contributed by atoms with van der Waals surface area (Å²) in [6.07, 6.45) is 0. The molecule has 1 aliphatic carbocycles. The molecule has 0 fully saturated rings. The lowest BCUT2D eigenvalue weighted by Gasteiger charge is -2.27. The van der Waals surface area contributed by atoms with E-state index in [4.69, 9.17) is 10.00 Å². The summed E-state index contributed by atoms with van der Waals surface area (Å²) in [7, 11) is 0. The van der Waals surface area contributed by atoms with Crippen LogP contribution in [0.25, 0.3) is 0 Å². The molecular weight excluding hydrogens is 368 g/mol. The van der Waals surface area contributed by atoms with Crippen molar-refractivity contribution in [1.29, 1.82) is 5.26 Å². The molecule has 0 saturated heterocycles. The number of nitrogens with zero attached hydrogens (tertiary/aromatic N) is 1. The maximum atomic E-state index is 13.9. The second-order valence-corrected chi connectivity index (χ2v) is 5.50. The molecule has 2 aromatic carbocycles. The van der Waals surface area contributed by atoms with Crippen molar-refractivity contribution >= 4 is 0 Å². The van der Waals surface area contributed by atoms with Gasteiger partial charge in [-0.05, 0) is 12.1 Å². The Morgan fingerprint density at radius 2 is 1.54 bits per heavy atom. The van der Waals surface area contributed by atoms with Crippen LogP contribution < -0.4 is 4.74 Å². The van der Waals surface area contributed by atoms with E-state index >= 15 is 0 Å². The van der Waals surface area contributed by atoms with Gasteiger partial charge < -0.3 is 14.9 Å². The standard InChI is InChI=1S/C16H7F6NO3/c17-7-3-8(18)5-9(4-7)26-12-2-1-11-13(10(12)6-23)15(24,25)16(21,22)14(11,19)20/h1-5,24-25H. The number of hydrogen-bond donors (Lipinski definition) is 2. The molecule has 0 heterocycles. The van der Waals surface area contributed by atoms with Crippen LogP contribution in [-0.2, 0) is 11.7 Å². The summed E-state index contributed by atoms with van der Waals surface area (Å²) >= 11 is 0. The van der Waals surface area contributed by atoms with E-state index in [1.54, 1.807) is 0 Å². The summed E-state index contributed by atoms with van der Waals surface area (Å²) in [6.45, 7) is 0. The number of rotatable bonds is 2. The number of aliphatic hydroxyl groups is 2. The van der Waals surface area contributed by atoms with Gasteiger partial charge in [-0.2, -0.15) is 22.8 Å². The summed E-state index contributed by atoms with van der Waals surface area (Å²) in [4.78, 5) is 0. The van der Waals surface area contributed by atoms with Crippen molar-refractivity contribution in [2.24, 2.45) is 0 Å². The molecule has 0 saturated carbocycles. The van der Waals surface area contributed by atoms with Crippen LogP contribution in [0.1, 0.15) is 16.7 Å². The molecule has 10 heteroatoms. The zero-order chi connectivity index (χ0) is 19.5. The predicted octanol–water partition coefficient (Wildman–Crippen LogP) is 3.51. The molecule has 0 amide bonds. The maximum absolute atomic E-state index is 13.9. The minimum atomic E-state index is -5.32. The van der Waals surface area contributed by atoms with Gasteiger partial charge in [0.2, 0.25) is 0 Å². The monoisotopic (exact) mass is 375 g/mol. The molecule has 4 nitrogen and oxygen atoms in total. The van der Waals surface area contributed by atoms with Crippen molar-refractivity contribution in [2.75, 3.05) is 0 Å². The van der Waals surface area contributed by atoms with Crippen molar-refractivity contribution in [3.8, 4) is 17.6 Å². The van der Waals surface area contributed by atoms with E-state index in [9.17, 15) is 36.6 Å². The number of fused-ring (bicyclic) bond motifs is 1. The summed E-state index contributed by atoms with van der Waals surface area (Å²) in [5.41, 5.74) is -3.94. The zero-order valence-corrected chi connectivity index (χ0v) is 12.4. The van der Waals surface area contributed by atoms with Crippen molar-refractivity contribution in [2.45, 2.75) is 17.6 Å². The number of halogens is 6. The topological polar surface area (TPSA) is 73.5 Å². The Kier molecular flexibility index (Phi) is 3.72. The Balaban J connectivity index is 2.20. The fraction of sp³-hybridized carbons (Fsp3) is 0.188. The Morgan fingerprint density at radius 1 is 0.962 bits per heavy atom. The number of alkyl halides is 4. The SMILES string of the molecule is N#Cc1c(Oc2cc(F)cc(F)c2)ccc2c1C(O)(O)C(F)(F)C2(F)F. The second kappa shape index (κ2) is 5.36. The van der Waals surface area contributed by atoms with E-state index in [0.717, 1.165) is 0 Å². The molecule has 0 radical (unpaired) electrons. The van der Waals surface area contributed by atoms with Crippen LogP contribution in [0.4, 0.5) is 26.3 Å². The van der Waals surface area contributed by atoms with E-state index in [0.29, 0.717) is 30.3 Å². The lowest BCUT2D eigenvalue weighted by molar-refractivity contribution is -0.357. The average molecular weight is 375 g/mol. The Morgan fingerprint density at radius 3 is 2.08 bits per heavy atom. The third kappa shape index (κ3) is 2.24. The lowest BCUT2D eigenvalue weighted by Crippen LogP contribution is -2.48. The molecule has 0 atom stereocenters.